The summed E-state index contributed by atoms with van der Waals surface area (Å²) in [6, 6.07) is 3.92. The largest absolute Gasteiger partial charge is 0.487 e. The van der Waals surface area contributed by atoms with Crippen molar-refractivity contribution in [3.05, 3.63) is 29.6 Å². The number of oxime groups is 1. The second-order valence-electron chi connectivity index (χ2n) is 3.89. The van der Waals surface area contributed by atoms with Crippen LogP contribution in [0.25, 0.3) is 0 Å². The maximum Gasteiger partial charge on any atom is 0.131 e. The van der Waals surface area contributed by atoms with Crippen LogP contribution < -0.4 is 4.74 Å². The summed E-state index contributed by atoms with van der Waals surface area (Å²) in [5.74, 6) is -0.207. The lowest BCUT2D eigenvalue weighted by Gasteiger charge is -2.19. The van der Waals surface area contributed by atoms with Gasteiger partial charge in [-0.25, -0.2) is 4.39 Å². The molecule has 1 rings (SSSR count). The summed E-state index contributed by atoms with van der Waals surface area (Å²) in [6.07, 6.45) is -1.17. The van der Waals surface area contributed by atoms with Crippen LogP contribution in [0.3, 0.4) is 0 Å². The zero-order valence-corrected chi connectivity index (χ0v) is 10.0. The first-order valence-electron chi connectivity index (χ1n) is 5.29. The van der Waals surface area contributed by atoms with E-state index in [1.54, 1.807) is 20.8 Å². The Kier molecular flexibility index (Phi) is 4.45. The molecule has 1 aromatic rings. The number of hydrogen-bond acceptors (Lipinski definition) is 4. The predicted molar refractivity (Wildman–Crippen MR) is 62.2 cm³/mol. The van der Waals surface area contributed by atoms with Crippen LogP contribution in [0.5, 0.6) is 5.75 Å². The minimum absolute atomic E-state index is 0.244. The van der Waals surface area contributed by atoms with Crippen molar-refractivity contribution < 1.29 is 19.4 Å². The second-order valence-corrected chi connectivity index (χ2v) is 3.89. The molecule has 0 radical (unpaired) electrons. The molecule has 2 N–H and O–H groups in total. The summed E-state index contributed by atoms with van der Waals surface area (Å²) in [5, 5.41) is 21.1. The molecule has 0 fully saturated rings. The average Bonchev–Trinajstić information content (AvgIpc) is 2.28. The topological polar surface area (TPSA) is 62.1 Å². The summed E-state index contributed by atoms with van der Waals surface area (Å²) in [6.45, 7) is 4.83. The van der Waals surface area contributed by atoms with Crippen molar-refractivity contribution >= 4 is 5.71 Å². The number of halogens is 1. The summed E-state index contributed by atoms with van der Waals surface area (Å²) in [7, 11) is 0. The Morgan fingerprint density at radius 2 is 2.06 bits per heavy atom. The Morgan fingerprint density at radius 1 is 1.41 bits per heavy atom. The minimum Gasteiger partial charge on any atom is -0.487 e. The van der Waals surface area contributed by atoms with Crippen LogP contribution in [0.4, 0.5) is 4.39 Å². The highest BCUT2D eigenvalue weighted by molar-refractivity contribution is 6.00. The maximum atomic E-state index is 13.1. The van der Waals surface area contributed by atoms with E-state index in [2.05, 4.69) is 5.16 Å². The molecule has 1 aromatic carbocycles. The second kappa shape index (κ2) is 5.63. The first-order chi connectivity index (χ1) is 7.95. The van der Waals surface area contributed by atoms with Gasteiger partial charge in [0.05, 0.1) is 11.8 Å². The van der Waals surface area contributed by atoms with Gasteiger partial charge in [-0.3, -0.25) is 0 Å². The third-order valence-corrected chi connectivity index (χ3v) is 2.48. The van der Waals surface area contributed by atoms with Crippen LogP contribution in [-0.2, 0) is 0 Å². The zero-order valence-electron chi connectivity index (χ0n) is 10.0. The smallest absolute Gasteiger partial charge is 0.131 e. The van der Waals surface area contributed by atoms with E-state index in [0.29, 0.717) is 11.3 Å². The summed E-state index contributed by atoms with van der Waals surface area (Å²) < 4.78 is 18.5. The van der Waals surface area contributed by atoms with Crippen molar-refractivity contribution in [2.24, 2.45) is 5.16 Å². The van der Waals surface area contributed by atoms with Gasteiger partial charge in [0, 0.05) is 11.6 Å². The van der Waals surface area contributed by atoms with Crippen molar-refractivity contribution in [3.8, 4) is 5.75 Å². The SMILES string of the molecule is C/C(=N\O)c1ccc(F)cc1OC(C)C(C)O. The number of benzene rings is 1. The highest BCUT2D eigenvalue weighted by Gasteiger charge is 2.15. The van der Waals surface area contributed by atoms with Gasteiger partial charge in [0.1, 0.15) is 17.7 Å². The molecule has 17 heavy (non-hydrogen) atoms. The van der Waals surface area contributed by atoms with Crippen molar-refractivity contribution in [2.45, 2.75) is 33.0 Å². The average molecular weight is 241 g/mol. The van der Waals surface area contributed by atoms with Gasteiger partial charge >= 0.3 is 0 Å². The quantitative estimate of drug-likeness (QED) is 0.482. The summed E-state index contributed by atoms with van der Waals surface area (Å²) in [5.41, 5.74) is 0.805. The molecular formula is C12H16FNO3. The van der Waals surface area contributed by atoms with Crippen LogP contribution >= 0.6 is 0 Å². The van der Waals surface area contributed by atoms with E-state index in [0.717, 1.165) is 0 Å². The molecule has 2 unspecified atom stereocenters. The van der Waals surface area contributed by atoms with Crippen LogP contribution in [0.1, 0.15) is 26.3 Å². The molecule has 94 valence electrons. The van der Waals surface area contributed by atoms with Gasteiger partial charge in [0.15, 0.2) is 0 Å². The van der Waals surface area contributed by atoms with E-state index < -0.39 is 18.0 Å². The minimum atomic E-state index is -0.683. The van der Waals surface area contributed by atoms with Crippen LogP contribution in [0, 0.1) is 5.82 Å². The Hall–Kier alpha value is -1.62. The van der Waals surface area contributed by atoms with E-state index in [1.165, 1.54) is 18.2 Å². The van der Waals surface area contributed by atoms with Gasteiger partial charge in [0.2, 0.25) is 0 Å². The summed E-state index contributed by atoms with van der Waals surface area (Å²) in [4.78, 5) is 0. The lowest BCUT2D eigenvalue weighted by molar-refractivity contribution is 0.0601. The molecule has 4 nitrogen and oxygen atoms in total. The van der Waals surface area contributed by atoms with Crippen LogP contribution in [-0.4, -0.2) is 28.2 Å². The molecule has 2 atom stereocenters. The van der Waals surface area contributed by atoms with Crippen molar-refractivity contribution in [2.75, 3.05) is 0 Å². The van der Waals surface area contributed by atoms with Crippen molar-refractivity contribution in [1.82, 2.24) is 0 Å². The monoisotopic (exact) mass is 241 g/mol. The molecular weight excluding hydrogens is 225 g/mol. The molecule has 0 aliphatic heterocycles. The molecule has 0 spiro atoms. The summed E-state index contributed by atoms with van der Waals surface area (Å²) >= 11 is 0. The van der Waals surface area contributed by atoms with Gasteiger partial charge in [0.25, 0.3) is 0 Å². The predicted octanol–water partition coefficient (Wildman–Crippen LogP) is 2.17. The fourth-order valence-electron chi connectivity index (χ4n) is 1.25. The number of aliphatic hydroxyl groups is 1. The number of nitrogens with zero attached hydrogens (tertiary/aromatic N) is 1. The molecule has 0 saturated carbocycles. The normalized spacial score (nSPS) is 15.5. The highest BCUT2D eigenvalue weighted by Crippen LogP contribution is 2.22. The van der Waals surface area contributed by atoms with E-state index in [9.17, 15) is 9.50 Å². The van der Waals surface area contributed by atoms with E-state index in [4.69, 9.17) is 9.94 Å². The Bertz CT molecular complexity index is 418. The van der Waals surface area contributed by atoms with Gasteiger partial charge < -0.3 is 15.1 Å². The number of hydrogen-bond donors (Lipinski definition) is 2. The van der Waals surface area contributed by atoms with Gasteiger partial charge in [-0.15, -0.1) is 0 Å². The molecule has 0 bridgehead atoms. The highest BCUT2D eigenvalue weighted by atomic mass is 19.1. The third kappa shape index (κ3) is 3.42. The number of rotatable bonds is 4. The molecule has 0 saturated heterocycles. The van der Waals surface area contributed by atoms with E-state index >= 15 is 0 Å². The first kappa shape index (κ1) is 13.4. The first-order valence-corrected chi connectivity index (χ1v) is 5.29. The number of aliphatic hydroxyl groups excluding tert-OH is 1. The van der Waals surface area contributed by atoms with Crippen LogP contribution in [0.15, 0.2) is 23.4 Å². The lowest BCUT2D eigenvalue weighted by Crippen LogP contribution is -2.26. The van der Waals surface area contributed by atoms with Gasteiger partial charge in [-0.05, 0) is 32.9 Å². The standard InChI is InChI=1S/C12H16FNO3/c1-7(14-16)11-5-4-10(13)6-12(11)17-9(3)8(2)15/h4-6,8-9,15-16H,1-3H3/b14-7+. The molecule has 0 amide bonds. The van der Waals surface area contributed by atoms with Crippen LogP contribution in [0.2, 0.25) is 0 Å². The zero-order chi connectivity index (χ0) is 13.0. The maximum absolute atomic E-state index is 13.1. The fourth-order valence-corrected chi connectivity index (χ4v) is 1.25. The molecule has 0 aromatic heterocycles. The molecule has 5 heteroatoms. The molecule has 0 heterocycles. The van der Waals surface area contributed by atoms with E-state index in [1.807, 2.05) is 0 Å². The lowest BCUT2D eigenvalue weighted by atomic mass is 10.1. The van der Waals surface area contributed by atoms with Gasteiger partial charge in [-0.2, -0.15) is 0 Å². The van der Waals surface area contributed by atoms with E-state index in [-0.39, 0.29) is 5.75 Å². The third-order valence-electron chi connectivity index (χ3n) is 2.48. The Labute approximate surface area is 99.3 Å². The molecule has 0 aliphatic carbocycles. The Morgan fingerprint density at radius 3 is 2.59 bits per heavy atom. The molecule has 0 aliphatic rings. The van der Waals surface area contributed by atoms with Crippen molar-refractivity contribution in [3.63, 3.8) is 0 Å². The Balaban J connectivity index is 3.07. The van der Waals surface area contributed by atoms with Crippen molar-refractivity contribution in [1.29, 1.82) is 0 Å². The fraction of sp³-hybridized carbons (Fsp3) is 0.417. The number of ether oxygens (including phenoxy) is 1. The van der Waals surface area contributed by atoms with Gasteiger partial charge in [-0.1, -0.05) is 5.16 Å².